The van der Waals surface area contributed by atoms with Gasteiger partial charge in [0.05, 0.1) is 5.69 Å². The van der Waals surface area contributed by atoms with Gasteiger partial charge >= 0.3 is 0 Å². The maximum atomic E-state index is 5.49. The van der Waals surface area contributed by atoms with Crippen molar-refractivity contribution < 1.29 is 0 Å². The number of benzene rings is 2. The normalized spacial score (nSPS) is 12.9. The molecule has 0 fully saturated rings. The minimum atomic E-state index is 0.0801. The average Bonchev–Trinajstić information content (AvgIpc) is 3.50. The largest absolute Gasteiger partial charge is 0.296 e. The van der Waals surface area contributed by atoms with E-state index >= 15 is 0 Å². The Morgan fingerprint density at radius 3 is 1.34 bits per heavy atom. The second kappa shape index (κ2) is 18.9. The summed E-state index contributed by atoms with van der Waals surface area (Å²) in [6.07, 6.45) is 21.8. The maximum Gasteiger partial charge on any atom is 0.144 e. The predicted octanol–water partition coefficient (Wildman–Crippen LogP) is 15.5. The Bertz CT molecular complexity index is 1360. The van der Waals surface area contributed by atoms with Crippen LogP contribution in [0.25, 0.3) is 17.1 Å². The van der Waals surface area contributed by atoms with Gasteiger partial charge in [-0.2, -0.15) is 0 Å². The van der Waals surface area contributed by atoms with E-state index in [0.29, 0.717) is 11.8 Å². The highest BCUT2D eigenvalue weighted by Gasteiger charge is 2.37. The fourth-order valence-corrected chi connectivity index (χ4v) is 7.96. The van der Waals surface area contributed by atoms with Gasteiger partial charge in [-0.05, 0) is 64.2 Å². The molecule has 2 heteroatoms. The summed E-state index contributed by atoms with van der Waals surface area (Å²) in [5.74, 6) is 1.90. The van der Waals surface area contributed by atoms with E-state index in [4.69, 9.17) is 4.98 Å². The molecular weight excluding hydrogens is 605 g/mol. The Balaban J connectivity index is 2.48. The molecule has 0 unspecified atom stereocenters. The van der Waals surface area contributed by atoms with Gasteiger partial charge < -0.3 is 0 Å². The minimum absolute atomic E-state index is 0.0801. The summed E-state index contributed by atoms with van der Waals surface area (Å²) < 4.78 is 2.72. The summed E-state index contributed by atoms with van der Waals surface area (Å²) in [7, 11) is 0. The third-order valence-corrected chi connectivity index (χ3v) is 11.3. The number of hydrogen-bond donors (Lipinski definition) is 0. The molecule has 3 aromatic rings. The quantitative estimate of drug-likeness (QED) is 0.108. The lowest BCUT2D eigenvalue weighted by Crippen LogP contribution is -2.30. The second-order valence-electron chi connectivity index (χ2n) is 18.4. The maximum absolute atomic E-state index is 5.49. The molecule has 2 aromatic carbocycles. The van der Waals surface area contributed by atoms with Crippen molar-refractivity contribution in [3.05, 3.63) is 70.5 Å². The Morgan fingerprint density at radius 2 is 0.980 bits per heavy atom. The standard InChI is InChI=1S/C48H78N2/c1-14-17-20-23-30-48(31-24-21-18-15-2,32-25-22-19-16-3)43-35-49-45(38-26-28-39(29-27-38)46(8,9)10)50(43)44-41(36(4)5)33-40(47(11,12)13)34-42(44)37(6)7/h26-29,33-37H,14-25,30-32H2,1-13H3. The Labute approximate surface area is 310 Å². The lowest BCUT2D eigenvalue weighted by atomic mass is 9.71. The van der Waals surface area contributed by atoms with Crippen molar-refractivity contribution in [3.8, 4) is 17.1 Å². The molecule has 0 saturated carbocycles. The van der Waals surface area contributed by atoms with Gasteiger partial charge in [-0.1, -0.05) is 203 Å². The molecule has 0 aliphatic heterocycles. The van der Waals surface area contributed by atoms with Crippen molar-refractivity contribution in [2.24, 2.45) is 0 Å². The van der Waals surface area contributed by atoms with Crippen molar-refractivity contribution in [1.82, 2.24) is 9.55 Å². The first kappa shape index (κ1) is 42.1. The van der Waals surface area contributed by atoms with Gasteiger partial charge in [0, 0.05) is 22.9 Å². The highest BCUT2D eigenvalue weighted by atomic mass is 15.1. The van der Waals surface area contributed by atoms with E-state index in [1.807, 2.05) is 0 Å². The van der Waals surface area contributed by atoms with Crippen LogP contribution in [0.1, 0.15) is 226 Å². The van der Waals surface area contributed by atoms with E-state index in [1.54, 1.807) is 0 Å². The molecule has 0 aliphatic rings. The van der Waals surface area contributed by atoms with Crippen LogP contribution in [0.2, 0.25) is 0 Å². The van der Waals surface area contributed by atoms with Crippen LogP contribution < -0.4 is 0 Å². The second-order valence-corrected chi connectivity index (χ2v) is 18.4. The summed E-state index contributed by atoms with van der Waals surface area (Å²) in [5, 5.41) is 0. The van der Waals surface area contributed by atoms with Gasteiger partial charge in [0.2, 0.25) is 0 Å². The van der Waals surface area contributed by atoms with Crippen molar-refractivity contribution in [3.63, 3.8) is 0 Å². The summed E-state index contributed by atoms with van der Waals surface area (Å²) in [6.45, 7) is 30.7. The Hall–Kier alpha value is -2.35. The fourth-order valence-electron chi connectivity index (χ4n) is 7.96. The average molecular weight is 683 g/mol. The first-order valence-corrected chi connectivity index (χ1v) is 21.0. The zero-order valence-electron chi connectivity index (χ0n) is 35.2. The Morgan fingerprint density at radius 1 is 0.560 bits per heavy atom. The van der Waals surface area contributed by atoms with Gasteiger partial charge in [0.25, 0.3) is 0 Å². The molecule has 0 amide bonds. The smallest absolute Gasteiger partial charge is 0.144 e. The fraction of sp³-hybridized carbons (Fsp3) is 0.688. The van der Waals surface area contributed by atoms with Gasteiger partial charge in [-0.25, -0.2) is 4.98 Å². The summed E-state index contributed by atoms with van der Waals surface area (Å²) in [4.78, 5) is 5.49. The zero-order chi connectivity index (χ0) is 37.1. The van der Waals surface area contributed by atoms with E-state index in [1.165, 1.54) is 136 Å². The molecule has 50 heavy (non-hydrogen) atoms. The molecule has 0 atom stereocenters. The number of aromatic nitrogens is 2. The number of rotatable bonds is 20. The molecule has 0 radical (unpaired) electrons. The van der Waals surface area contributed by atoms with Crippen LogP contribution in [-0.4, -0.2) is 9.55 Å². The van der Waals surface area contributed by atoms with E-state index in [0.717, 1.165) is 5.82 Å². The molecule has 1 aromatic heterocycles. The van der Waals surface area contributed by atoms with Gasteiger partial charge in [-0.3, -0.25) is 4.57 Å². The third kappa shape index (κ3) is 10.8. The van der Waals surface area contributed by atoms with E-state index in [2.05, 4.69) is 137 Å². The first-order valence-electron chi connectivity index (χ1n) is 21.0. The van der Waals surface area contributed by atoms with E-state index in [-0.39, 0.29) is 16.2 Å². The van der Waals surface area contributed by atoms with Gasteiger partial charge in [0.1, 0.15) is 5.82 Å². The topological polar surface area (TPSA) is 17.8 Å². The molecule has 0 saturated heterocycles. The first-order chi connectivity index (χ1) is 23.6. The molecular formula is C48H78N2. The molecule has 280 valence electrons. The molecule has 3 rings (SSSR count). The zero-order valence-corrected chi connectivity index (χ0v) is 35.2. The van der Waals surface area contributed by atoms with Crippen molar-refractivity contribution >= 4 is 0 Å². The molecule has 0 spiro atoms. The third-order valence-electron chi connectivity index (χ3n) is 11.3. The summed E-state index contributed by atoms with van der Waals surface area (Å²) in [5.41, 5.74) is 10.2. The molecule has 0 aliphatic carbocycles. The molecule has 2 nitrogen and oxygen atoms in total. The molecule has 0 bridgehead atoms. The van der Waals surface area contributed by atoms with Crippen LogP contribution in [0.5, 0.6) is 0 Å². The Kier molecular flexibility index (Phi) is 15.9. The van der Waals surface area contributed by atoms with Gasteiger partial charge in [-0.15, -0.1) is 0 Å². The highest BCUT2D eigenvalue weighted by Crippen LogP contribution is 2.46. The van der Waals surface area contributed by atoms with Crippen LogP contribution in [0.4, 0.5) is 0 Å². The van der Waals surface area contributed by atoms with Crippen molar-refractivity contribution in [2.75, 3.05) is 0 Å². The van der Waals surface area contributed by atoms with E-state index < -0.39 is 0 Å². The minimum Gasteiger partial charge on any atom is -0.296 e. The summed E-state index contributed by atoms with van der Waals surface area (Å²) >= 11 is 0. The highest BCUT2D eigenvalue weighted by molar-refractivity contribution is 5.65. The number of nitrogens with zero attached hydrogens (tertiary/aromatic N) is 2. The summed E-state index contributed by atoms with van der Waals surface area (Å²) in [6, 6.07) is 14.5. The van der Waals surface area contributed by atoms with Crippen LogP contribution in [0.15, 0.2) is 42.6 Å². The molecule has 0 N–H and O–H groups in total. The monoisotopic (exact) mass is 683 g/mol. The number of unbranched alkanes of at least 4 members (excludes halogenated alkanes) is 9. The number of imidazole rings is 1. The van der Waals surface area contributed by atoms with E-state index in [9.17, 15) is 0 Å². The van der Waals surface area contributed by atoms with Crippen LogP contribution in [-0.2, 0) is 16.2 Å². The lowest BCUT2D eigenvalue weighted by Gasteiger charge is -2.37. The number of hydrogen-bond acceptors (Lipinski definition) is 1. The predicted molar refractivity (Wildman–Crippen MR) is 223 cm³/mol. The van der Waals surface area contributed by atoms with Crippen molar-refractivity contribution in [1.29, 1.82) is 0 Å². The molecule has 1 heterocycles. The van der Waals surface area contributed by atoms with Crippen LogP contribution >= 0.6 is 0 Å². The van der Waals surface area contributed by atoms with Crippen molar-refractivity contribution in [2.45, 2.75) is 214 Å². The lowest BCUT2D eigenvalue weighted by molar-refractivity contribution is 0.289. The van der Waals surface area contributed by atoms with Gasteiger partial charge in [0.15, 0.2) is 0 Å². The van der Waals surface area contributed by atoms with Crippen LogP contribution in [0.3, 0.4) is 0 Å². The SMILES string of the molecule is CCCCCCC(CCCCCC)(CCCCCC)c1cnc(-c2ccc(C(C)(C)C)cc2)n1-c1c(C(C)C)cc(C(C)(C)C)cc1C(C)C. The van der Waals surface area contributed by atoms with Crippen LogP contribution in [0, 0.1) is 0 Å².